The average molecular weight is 396 g/mol. The van der Waals surface area contributed by atoms with Crippen LogP contribution in [0, 0.1) is 5.82 Å². The Morgan fingerprint density at radius 2 is 1.93 bits per heavy atom. The predicted octanol–water partition coefficient (Wildman–Crippen LogP) is 1.86. The fraction of sp³-hybridized carbons (Fsp3) is 0.300. The first-order chi connectivity index (χ1) is 13.9. The van der Waals surface area contributed by atoms with Gasteiger partial charge in [-0.2, -0.15) is 10.1 Å². The highest BCUT2D eigenvalue weighted by atomic mass is 19.1. The Balaban J connectivity index is 1.91. The number of fused-ring (bicyclic) bond motifs is 3. The van der Waals surface area contributed by atoms with E-state index in [1.807, 2.05) is 26.0 Å². The monoisotopic (exact) mass is 396 g/mol. The number of anilines is 1. The molecule has 29 heavy (non-hydrogen) atoms. The van der Waals surface area contributed by atoms with Crippen LogP contribution in [0.5, 0.6) is 0 Å². The van der Waals surface area contributed by atoms with Gasteiger partial charge in [0.15, 0.2) is 11.2 Å². The van der Waals surface area contributed by atoms with Crippen LogP contribution in [0.1, 0.15) is 19.4 Å². The second-order valence-corrected chi connectivity index (χ2v) is 7.02. The lowest BCUT2D eigenvalue weighted by Crippen LogP contribution is -2.40. The quantitative estimate of drug-likeness (QED) is 0.631. The lowest BCUT2D eigenvalue weighted by atomic mass is 10.2. The molecule has 3 heterocycles. The van der Waals surface area contributed by atoms with Crippen molar-refractivity contribution in [2.45, 2.75) is 26.9 Å². The van der Waals surface area contributed by atoms with Crippen molar-refractivity contribution in [1.82, 2.24) is 18.7 Å². The third-order valence-corrected chi connectivity index (χ3v) is 4.89. The summed E-state index contributed by atoms with van der Waals surface area (Å²) in [5.41, 5.74) is 1.27. The van der Waals surface area contributed by atoms with Gasteiger partial charge in [-0.3, -0.25) is 18.5 Å². The van der Waals surface area contributed by atoms with Gasteiger partial charge in [-0.1, -0.05) is 24.3 Å². The van der Waals surface area contributed by atoms with Crippen LogP contribution in [-0.4, -0.2) is 30.9 Å². The molecule has 0 atom stereocenters. The van der Waals surface area contributed by atoms with Crippen molar-refractivity contribution in [3.8, 4) is 0 Å². The van der Waals surface area contributed by atoms with Gasteiger partial charge in [0.2, 0.25) is 5.95 Å². The minimum absolute atomic E-state index is 0.0532. The summed E-state index contributed by atoms with van der Waals surface area (Å²) in [6.45, 7) is 4.78. The summed E-state index contributed by atoms with van der Waals surface area (Å²) in [6.07, 6.45) is 3.86. The molecule has 0 amide bonds. The van der Waals surface area contributed by atoms with E-state index in [1.54, 1.807) is 28.8 Å². The van der Waals surface area contributed by atoms with E-state index >= 15 is 0 Å². The smallest absolute Gasteiger partial charge is 0.297 e. The summed E-state index contributed by atoms with van der Waals surface area (Å²) in [6, 6.07) is 5.74. The van der Waals surface area contributed by atoms with Crippen LogP contribution >= 0.6 is 0 Å². The summed E-state index contributed by atoms with van der Waals surface area (Å²) in [5.74, 6) is 0.153. The number of allylic oxidation sites excluding steroid dienone is 1. The Morgan fingerprint density at radius 1 is 1.21 bits per heavy atom. The molecule has 0 aliphatic carbocycles. The van der Waals surface area contributed by atoms with Crippen molar-refractivity contribution >= 4 is 22.8 Å². The lowest BCUT2D eigenvalue weighted by molar-refractivity contribution is 0.623. The first-order valence-corrected chi connectivity index (χ1v) is 9.28. The van der Waals surface area contributed by atoms with Gasteiger partial charge in [0.1, 0.15) is 5.82 Å². The molecule has 0 saturated heterocycles. The van der Waals surface area contributed by atoms with Gasteiger partial charge in [0.25, 0.3) is 5.56 Å². The number of nitrogens with zero attached hydrogens (tertiary/aromatic N) is 6. The van der Waals surface area contributed by atoms with Gasteiger partial charge in [-0.05, 0) is 31.5 Å². The molecule has 3 aromatic rings. The van der Waals surface area contributed by atoms with Crippen molar-refractivity contribution in [3.05, 3.63) is 68.6 Å². The van der Waals surface area contributed by atoms with Gasteiger partial charge in [-0.25, -0.2) is 14.2 Å². The van der Waals surface area contributed by atoms with Crippen molar-refractivity contribution < 1.29 is 4.39 Å². The van der Waals surface area contributed by atoms with Crippen LogP contribution in [0.3, 0.4) is 0 Å². The minimum Gasteiger partial charge on any atom is -0.297 e. The first kappa shape index (κ1) is 18.9. The molecule has 9 heteroatoms. The largest absolute Gasteiger partial charge is 0.332 e. The Hall–Kier alpha value is -3.49. The zero-order valence-corrected chi connectivity index (χ0v) is 16.5. The third-order valence-electron chi connectivity index (χ3n) is 4.89. The normalized spacial score (nSPS) is 13.9. The highest BCUT2D eigenvalue weighted by molar-refractivity contribution is 5.87. The number of hydrogen-bond acceptors (Lipinski definition) is 5. The van der Waals surface area contributed by atoms with E-state index in [0.29, 0.717) is 35.8 Å². The summed E-state index contributed by atoms with van der Waals surface area (Å²) in [7, 11) is 1.59. The standard InChI is InChI=1S/C20H21FN6O2/c1-4-5-10-27-19-22-17-16(25(19)11-13(2)23-27)18(28)26(20(29)24(17)3)12-14-6-8-15(21)9-7-14/h4-9H,10-12H2,1-3H3/b5-4+. The molecule has 0 N–H and O–H groups in total. The zero-order valence-electron chi connectivity index (χ0n) is 16.5. The number of imidazole rings is 1. The summed E-state index contributed by atoms with van der Waals surface area (Å²) in [5, 5.41) is 6.24. The number of aryl methyl sites for hydroxylation is 1. The van der Waals surface area contributed by atoms with Crippen molar-refractivity contribution in [1.29, 1.82) is 0 Å². The van der Waals surface area contributed by atoms with E-state index < -0.39 is 11.2 Å². The van der Waals surface area contributed by atoms with E-state index in [9.17, 15) is 14.0 Å². The van der Waals surface area contributed by atoms with Crippen LogP contribution < -0.4 is 16.3 Å². The fourth-order valence-corrected chi connectivity index (χ4v) is 3.46. The van der Waals surface area contributed by atoms with Crippen molar-refractivity contribution in [3.63, 3.8) is 0 Å². The van der Waals surface area contributed by atoms with Gasteiger partial charge < -0.3 is 0 Å². The maximum Gasteiger partial charge on any atom is 0.332 e. The highest BCUT2D eigenvalue weighted by Gasteiger charge is 2.26. The molecular formula is C20H21FN6O2. The molecule has 8 nitrogen and oxygen atoms in total. The van der Waals surface area contributed by atoms with Gasteiger partial charge in [0, 0.05) is 7.05 Å². The lowest BCUT2D eigenvalue weighted by Gasteiger charge is -2.23. The Bertz CT molecular complexity index is 1260. The minimum atomic E-state index is -0.472. The number of hydrogen-bond donors (Lipinski definition) is 0. The summed E-state index contributed by atoms with van der Waals surface area (Å²) in [4.78, 5) is 30.7. The predicted molar refractivity (Wildman–Crippen MR) is 110 cm³/mol. The van der Waals surface area contributed by atoms with Crippen LogP contribution in [-0.2, 0) is 20.1 Å². The molecule has 1 aliphatic heterocycles. The second-order valence-electron chi connectivity index (χ2n) is 7.02. The van der Waals surface area contributed by atoms with Gasteiger partial charge in [0.05, 0.1) is 25.3 Å². The molecule has 4 rings (SSSR count). The van der Waals surface area contributed by atoms with Crippen LogP contribution in [0.4, 0.5) is 10.3 Å². The van der Waals surface area contributed by atoms with Crippen LogP contribution in [0.15, 0.2) is 51.1 Å². The molecule has 0 radical (unpaired) electrons. The molecule has 0 saturated carbocycles. The number of benzene rings is 1. The second kappa shape index (κ2) is 7.16. The molecule has 0 spiro atoms. The van der Waals surface area contributed by atoms with Crippen molar-refractivity contribution in [2.75, 3.05) is 11.6 Å². The Labute approximate surface area is 165 Å². The number of rotatable bonds is 4. The number of hydrazone groups is 1. The molecule has 150 valence electrons. The molecule has 0 unspecified atom stereocenters. The SMILES string of the molecule is C/C=C/CN1N=C(C)Cn2c1nc1c2c(=O)n(Cc2ccc(F)cc2)c(=O)n1C. The Kier molecular flexibility index (Phi) is 4.65. The molecule has 0 bridgehead atoms. The van der Waals surface area contributed by atoms with E-state index in [0.717, 1.165) is 10.3 Å². The zero-order chi connectivity index (χ0) is 20.7. The van der Waals surface area contributed by atoms with E-state index in [4.69, 9.17) is 0 Å². The highest BCUT2D eigenvalue weighted by Crippen LogP contribution is 2.23. The fourth-order valence-electron chi connectivity index (χ4n) is 3.46. The molecule has 1 aliphatic rings. The topological polar surface area (TPSA) is 77.4 Å². The average Bonchev–Trinajstić information content (AvgIpc) is 3.08. The summed E-state index contributed by atoms with van der Waals surface area (Å²) >= 11 is 0. The van der Waals surface area contributed by atoms with Crippen LogP contribution in [0.2, 0.25) is 0 Å². The Morgan fingerprint density at radius 3 is 2.62 bits per heavy atom. The van der Waals surface area contributed by atoms with Gasteiger partial charge in [-0.15, -0.1) is 0 Å². The number of aromatic nitrogens is 4. The maximum atomic E-state index is 13.3. The van der Waals surface area contributed by atoms with Crippen molar-refractivity contribution in [2.24, 2.45) is 12.1 Å². The molecule has 2 aromatic heterocycles. The van der Waals surface area contributed by atoms with Crippen LogP contribution in [0.25, 0.3) is 11.2 Å². The maximum absolute atomic E-state index is 13.3. The van der Waals surface area contributed by atoms with Gasteiger partial charge >= 0.3 is 5.69 Å². The van der Waals surface area contributed by atoms with E-state index in [1.165, 1.54) is 16.7 Å². The summed E-state index contributed by atoms with van der Waals surface area (Å²) < 4.78 is 17.5. The van der Waals surface area contributed by atoms with E-state index in [2.05, 4.69) is 10.1 Å². The molecular weight excluding hydrogens is 375 g/mol. The molecule has 0 fully saturated rings. The first-order valence-electron chi connectivity index (χ1n) is 9.28. The number of halogens is 1. The van der Waals surface area contributed by atoms with E-state index in [-0.39, 0.29) is 12.4 Å². The molecule has 1 aromatic carbocycles. The third kappa shape index (κ3) is 3.18.